The zero-order valence-electron chi connectivity index (χ0n) is 12.5. The summed E-state index contributed by atoms with van der Waals surface area (Å²) in [5, 5.41) is 11.4. The Morgan fingerprint density at radius 1 is 1.13 bits per heavy atom. The number of hydrogen-bond donors (Lipinski definition) is 1. The van der Waals surface area contributed by atoms with E-state index in [0.717, 1.165) is 23.1 Å². The van der Waals surface area contributed by atoms with Crippen LogP contribution in [-0.2, 0) is 6.42 Å². The number of aryl methyl sites for hydroxylation is 1. The van der Waals surface area contributed by atoms with Crippen molar-refractivity contribution in [2.45, 2.75) is 24.2 Å². The molecular formula is C19H17ClO2S. The van der Waals surface area contributed by atoms with Crippen molar-refractivity contribution in [1.29, 1.82) is 0 Å². The van der Waals surface area contributed by atoms with Gasteiger partial charge in [0.2, 0.25) is 0 Å². The molecule has 3 atom stereocenters. The van der Waals surface area contributed by atoms with Crippen molar-refractivity contribution in [2.24, 2.45) is 5.41 Å². The SMILES string of the molecule is O=C1c2ccccc2CC[C@]12[C@H](O)CS[C@H]2c1ccc(Cl)cc1. The Bertz CT molecular complexity index is 758. The van der Waals surface area contributed by atoms with Crippen LogP contribution < -0.4 is 0 Å². The highest BCUT2D eigenvalue weighted by atomic mass is 35.5. The second-order valence-electron chi connectivity index (χ2n) is 6.31. The number of hydrogen-bond acceptors (Lipinski definition) is 3. The Hall–Kier alpha value is -1.29. The first-order valence-electron chi connectivity index (χ1n) is 7.81. The van der Waals surface area contributed by atoms with Crippen LogP contribution in [0.4, 0.5) is 0 Å². The van der Waals surface area contributed by atoms with Gasteiger partial charge in [0.05, 0.1) is 11.5 Å². The van der Waals surface area contributed by atoms with Crippen LogP contribution in [0, 0.1) is 5.41 Å². The molecule has 0 amide bonds. The zero-order chi connectivity index (χ0) is 16.0. The predicted molar refractivity (Wildman–Crippen MR) is 94.2 cm³/mol. The molecule has 118 valence electrons. The van der Waals surface area contributed by atoms with Gasteiger partial charge in [-0.15, -0.1) is 11.8 Å². The quantitative estimate of drug-likeness (QED) is 0.837. The third kappa shape index (κ3) is 2.25. The van der Waals surface area contributed by atoms with Gasteiger partial charge in [0, 0.05) is 21.6 Å². The molecule has 1 fully saturated rings. The Labute approximate surface area is 144 Å². The lowest BCUT2D eigenvalue weighted by Gasteiger charge is -2.40. The molecule has 2 nitrogen and oxygen atoms in total. The largest absolute Gasteiger partial charge is 0.391 e. The molecule has 2 aromatic carbocycles. The molecule has 0 bridgehead atoms. The van der Waals surface area contributed by atoms with Gasteiger partial charge < -0.3 is 5.11 Å². The summed E-state index contributed by atoms with van der Waals surface area (Å²) in [5.74, 6) is 0.693. The molecular weight excluding hydrogens is 328 g/mol. The highest BCUT2D eigenvalue weighted by molar-refractivity contribution is 7.99. The fourth-order valence-electron chi connectivity index (χ4n) is 3.92. The smallest absolute Gasteiger partial charge is 0.173 e. The summed E-state index contributed by atoms with van der Waals surface area (Å²) in [5.41, 5.74) is 2.23. The number of aliphatic hydroxyl groups is 1. The third-order valence-corrected chi connectivity index (χ3v) is 6.94. The van der Waals surface area contributed by atoms with Gasteiger partial charge in [-0.2, -0.15) is 0 Å². The minimum Gasteiger partial charge on any atom is -0.391 e. The van der Waals surface area contributed by atoms with Crippen molar-refractivity contribution in [3.05, 3.63) is 70.2 Å². The van der Waals surface area contributed by atoms with Crippen LogP contribution >= 0.6 is 23.4 Å². The van der Waals surface area contributed by atoms with E-state index in [-0.39, 0.29) is 11.0 Å². The van der Waals surface area contributed by atoms with Gasteiger partial charge in [-0.1, -0.05) is 48.0 Å². The number of carbonyl (C=O) groups excluding carboxylic acids is 1. The first kappa shape index (κ1) is 15.3. The highest BCUT2D eigenvalue weighted by Crippen LogP contribution is 2.58. The van der Waals surface area contributed by atoms with Crippen LogP contribution in [-0.4, -0.2) is 22.7 Å². The number of thioether (sulfide) groups is 1. The number of carbonyl (C=O) groups is 1. The minimum absolute atomic E-state index is 0.0179. The van der Waals surface area contributed by atoms with E-state index < -0.39 is 11.5 Å². The average molecular weight is 345 g/mol. The van der Waals surface area contributed by atoms with Crippen molar-refractivity contribution in [3.63, 3.8) is 0 Å². The van der Waals surface area contributed by atoms with E-state index in [2.05, 4.69) is 0 Å². The molecule has 1 aliphatic heterocycles. The highest BCUT2D eigenvalue weighted by Gasteiger charge is 2.57. The Balaban J connectivity index is 1.81. The molecule has 2 aromatic rings. The van der Waals surface area contributed by atoms with E-state index >= 15 is 0 Å². The van der Waals surface area contributed by atoms with Crippen LogP contribution in [0.2, 0.25) is 5.02 Å². The molecule has 0 aromatic heterocycles. The Morgan fingerprint density at radius 3 is 2.65 bits per heavy atom. The van der Waals surface area contributed by atoms with E-state index in [1.165, 1.54) is 0 Å². The molecule has 1 aliphatic carbocycles. The molecule has 4 rings (SSSR count). The molecule has 4 heteroatoms. The summed E-state index contributed by atoms with van der Waals surface area (Å²) in [7, 11) is 0. The molecule has 0 unspecified atom stereocenters. The first-order chi connectivity index (χ1) is 11.1. The Kier molecular flexibility index (Phi) is 3.75. The normalized spacial score (nSPS) is 29.7. The zero-order valence-corrected chi connectivity index (χ0v) is 14.1. The summed E-state index contributed by atoms with van der Waals surface area (Å²) in [6.07, 6.45) is 0.933. The van der Waals surface area contributed by atoms with E-state index in [0.29, 0.717) is 17.2 Å². The van der Waals surface area contributed by atoms with E-state index in [1.54, 1.807) is 11.8 Å². The van der Waals surface area contributed by atoms with E-state index in [4.69, 9.17) is 11.6 Å². The predicted octanol–water partition coefficient (Wildman–Crippen LogP) is 4.30. The van der Waals surface area contributed by atoms with E-state index in [9.17, 15) is 9.90 Å². The summed E-state index contributed by atoms with van der Waals surface area (Å²) in [6, 6.07) is 15.5. The van der Waals surface area contributed by atoms with Gasteiger partial charge in [0.1, 0.15) is 0 Å². The monoisotopic (exact) mass is 344 g/mol. The minimum atomic E-state index is -0.715. The number of halogens is 1. The summed E-state index contributed by atoms with van der Waals surface area (Å²) < 4.78 is 0. The lowest BCUT2D eigenvalue weighted by molar-refractivity contribution is 0.0325. The second kappa shape index (κ2) is 5.66. The standard InChI is InChI=1S/C19H17ClO2S/c20-14-7-5-13(6-8-14)18-19(16(21)11-23-18)10-9-12-3-1-2-4-15(12)17(19)22/h1-8,16,18,21H,9-11H2/t16-,18+,19+/m1/s1. The molecule has 2 aliphatic rings. The van der Waals surface area contributed by atoms with Crippen molar-refractivity contribution in [3.8, 4) is 0 Å². The fourth-order valence-corrected chi connectivity index (χ4v) is 5.75. The fraction of sp³-hybridized carbons (Fsp3) is 0.316. The van der Waals surface area contributed by atoms with Crippen LogP contribution in [0.3, 0.4) is 0 Å². The molecule has 1 N–H and O–H groups in total. The topological polar surface area (TPSA) is 37.3 Å². The van der Waals surface area contributed by atoms with Crippen molar-refractivity contribution >= 4 is 29.1 Å². The molecule has 1 spiro atoms. The molecule has 0 radical (unpaired) electrons. The third-order valence-electron chi connectivity index (χ3n) is 5.15. The lowest BCUT2D eigenvalue weighted by atomic mass is 9.64. The van der Waals surface area contributed by atoms with Crippen molar-refractivity contribution in [1.82, 2.24) is 0 Å². The van der Waals surface area contributed by atoms with Gasteiger partial charge in [-0.3, -0.25) is 4.79 Å². The Morgan fingerprint density at radius 2 is 1.87 bits per heavy atom. The number of benzene rings is 2. The number of aliphatic hydroxyl groups excluding tert-OH is 1. The van der Waals surface area contributed by atoms with Crippen LogP contribution in [0.15, 0.2) is 48.5 Å². The summed E-state index contributed by atoms with van der Waals surface area (Å²) in [6.45, 7) is 0. The summed E-state index contributed by atoms with van der Waals surface area (Å²) in [4.78, 5) is 13.3. The number of fused-ring (bicyclic) bond motifs is 1. The average Bonchev–Trinajstić information content (AvgIpc) is 2.90. The van der Waals surface area contributed by atoms with Crippen molar-refractivity contribution < 1.29 is 9.90 Å². The summed E-state index contributed by atoms with van der Waals surface area (Å²) >= 11 is 7.68. The van der Waals surface area contributed by atoms with Gasteiger partial charge in [0.15, 0.2) is 5.78 Å². The van der Waals surface area contributed by atoms with Gasteiger partial charge >= 0.3 is 0 Å². The van der Waals surface area contributed by atoms with Crippen LogP contribution in [0.1, 0.15) is 33.2 Å². The molecule has 1 saturated heterocycles. The lowest BCUT2D eigenvalue weighted by Crippen LogP contribution is -2.46. The van der Waals surface area contributed by atoms with Crippen LogP contribution in [0.5, 0.6) is 0 Å². The molecule has 23 heavy (non-hydrogen) atoms. The second-order valence-corrected chi connectivity index (χ2v) is 7.88. The first-order valence-corrected chi connectivity index (χ1v) is 9.23. The number of ketones is 1. The molecule has 1 heterocycles. The van der Waals surface area contributed by atoms with E-state index in [1.807, 2.05) is 48.5 Å². The maximum atomic E-state index is 13.3. The maximum Gasteiger partial charge on any atom is 0.173 e. The number of rotatable bonds is 1. The number of Topliss-reactive ketones (excluding diaryl/α,β-unsaturated/α-hetero) is 1. The van der Waals surface area contributed by atoms with Crippen LogP contribution in [0.25, 0.3) is 0 Å². The van der Waals surface area contributed by atoms with Crippen molar-refractivity contribution in [2.75, 3.05) is 5.75 Å². The van der Waals surface area contributed by atoms with Gasteiger partial charge in [-0.25, -0.2) is 0 Å². The van der Waals surface area contributed by atoms with Gasteiger partial charge in [0.25, 0.3) is 0 Å². The van der Waals surface area contributed by atoms with Gasteiger partial charge in [-0.05, 0) is 36.1 Å². The molecule has 0 saturated carbocycles. The maximum absolute atomic E-state index is 13.3.